The van der Waals surface area contributed by atoms with E-state index in [9.17, 15) is 31.1 Å². The number of benzene rings is 2. The number of rotatable bonds is 7. The van der Waals surface area contributed by atoms with Gasteiger partial charge in [-0.2, -0.15) is 26.3 Å². The number of halogens is 7. The normalized spacial score (nSPS) is 12.1. The van der Waals surface area contributed by atoms with Gasteiger partial charge in [-0.15, -0.1) is 0 Å². The molecule has 2 aromatic heterocycles. The van der Waals surface area contributed by atoms with Gasteiger partial charge in [-0.05, 0) is 47.5 Å². The van der Waals surface area contributed by atoms with Gasteiger partial charge in [0.2, 0.25) is 0 Å². The fourth-order valence-electron chi connectivity index (χ4n) is 3.92. The van der Waals surface area contributed by atoms with Gasteiger partial charge in [0.05, 0.1) is 35.3 Å². The summed E-state index contributed by atoms with van der Waals surface area (Å²) in [6, 6.07) is 11.6. The summed E-state index contributed by atoms with van der Waals surface area (Å²) in [7, 11) is 0. The molecule has 0 fully saturated rings. The molecule has 0 bridgehead atoms. The number of ketones is 1. The van der Waals surface area contributed by atoms with Crippen molar-refractivity contribution in [3.63, 3.8) is 0 Å². The lowest BCUT2D eigenvalue weighted by atomic mass is 10.0. The van der Waals surface area contributed by atoms with E-state index in [0.29, 0.717) is 39.7 Å². The third-order valence-electron chi connectivity index (χ3n) is 5.56. The first-order valence-corrected chi connectivity index (χ1v) is 11.3. The average Bonchev–Trinajstić information content (AvgIpc) is 3.21. The Morgan fingerprint density at radius 3 is 2.16 bits per heavy atom. The van der Waals surface area contributed by atoms with Gasteiger partial charge in [-0.1, -0.05) is 29.8 Å². The molecule has 0 N–H and O–H groups in total. The van der Waals surface area contributed by atoms with Crippen LogP contribution in [0.4, 0.5) is 26.3 Å². The number of hydrogen-bond donors (Lipinski definition) is 0. The van der Waals surface area contributed by atoms with Crippen molar-refractivity contribution in [3.8, 4) is 11.3 Å². The highest BCUT2D eigenvalue weighted by atomic mass is 35.5. The van der Waals surface area contributed by atoms with Crippen molar-refractivity contribution in [2.24, 2.45) is 0 Å². The summed E-state index contributed by atoms with van der Waals surface area (Å²) < 4.78 is 81.4. The molecule has 0 unspecified atom stereocenters. The van der Waals surface area contributed by atoms with Crippen LogP contribution in [-0.4, -0.2) is 20.3 Å². The monoisotopic (exact) mass is 537 g/mol. The third-order valence-corrected chi connectivity index (χ3v) is 5.93. The molecule has 0 aliphatic rings. The molecule has 4 aromatic rings. The maximum absolute atomic E-state index is 13.3. The second kappa shape index (κ2) is 10.4. The number of carbonyl (C=O) groups is 1. The summed E-state index contributed by atoms with van der Waals surface area (Å²) in [5.41, 5.74) is -1.23. The predicted octanol–water partition coefficient (Wildman–Crippen LogP) is 7.04. The van der Waals surface area contributed by atoms with Crippen LogP contribution in [0.3, 0.4) is 0 Å². The molecule has 2 heterocycles. The Morgan fingerprint density at radius 1 is 0.892 bits per heavy atom. The van der Waals surface area contributed by atoms with Crippen molar-refractivity contribution in [1.29, 1.82) is 0 Å². The molecule has 11 heteroatoms. The molecule has 37 heavy (non-hydrogen) atoms. The lowest BCUT2D eigenvalue weighted by Gasteiger charge is -2.16. The van der Waals surface area contributed by atoms with Gasteiger partial charge < -0.3 is 4.57 Å². The molecule has 4 rings (SSSR count). The molecular formula is C26H18ClF6N3O. The van der Waals surface area contributed by atoms with Crippen LogP contribution in [0, 0.1) is 0 Å². The van der Waals surface area contributed by atoms with E-state index in [1.807, 2.05) is 0 Å². The predicted molar refractivity (Wildman–Crippen MR) is 125 cm³/mol. The summed E-state index contributed by atoms with van der Waals surface area (Å²) >= 11 is 6.14. The van der Waals surface area contributed by atoms with E-state index in [1.165, 1.54) is 23.3 Å². The largest absolute Gasteiger partial charge is 0.416 e. The lowest BCUT2D eigenvalue weighted by Crippen LogP contribution is -2.13. The third kappa shape index (κ3) is 6.37. The molecule has 192 valence electrons. The smallest absolute Gasteiger partial charge is 0.326 e. The SMILES string of the molecule is O=C(Cc1ccccc1Cl)Cc1ncn(Cc2cc(C(F)(F)F)cc(C(F)(F)F)c2)c1-c1cccnc1. The van der Waals surface area contributed by atoms with E-state index in [1.54, 1.807) is 36.4 Å². The van der Waals surface area contributed by atoms with Gasteiger partial charge in [0.25, 0.3) is 0 Å². The Hall–Kier alpha value is -3.66. The van der Waals surface area contributed by atoms with Crippen LogP contribution in [0.2, 0.25) is 5.02 Å². The standard InChI is InChI=1S/C26H18ClF6N3O/c27-22-6-2-1-4-17(22)10-21(37)12-23-24(18-5-3-7-34-13-18)36(15-35-23)14-16-8-19(25(28,29)30)11-20(9-16)26(31,32)33/h1-9,11,13,15H,10,12,14H2. The second-order valence-corrected chi connectivity index (χ2v) is 8.71. The molecule has 0 aliphatic carbocycles. The van der Waals surface area contributed by atoms with Gasteiger partial charge in [0.1, 0.15) is 5.78 Å². The molecule has 2 aromatic carbocycles. The highest BCUT2D eigenvalue weighted by Crippen LogP contribution is 2.37. The summed E-state index contributed by atoms with van der Waals surface area (Å²) in [4.78, 5) is 21.1. The molecule has 4 nitrogen and oxygen atoms in total. The Bertz CT molecular complexity index is 1380. The number of Topliss-reactive ketones (excluding diaryl/α,β-unsaturated/α-hetero) is 1. The summed E-state index contributed by atoms with van der Waals surface area (Å²) in [5.74, 6) is -0.220. The van der Waals surface area contributed by atoms with E-state index in [2.05, 4.69) is 9.97 Å². The second-order valence-electron chi connectivity index (χ2n) is 8.31. The molecule has 0 amide bonds. The minimum absolute atomic E-state index is 0.0293. The van der Waals surface area contributed by atoms with E-state index < -0.39 is 23.5 Å². The Kier molecular flexibility index (Phi) is 7.40. The van der Waals surface area contributed by atoms with Crippen LogP contribution >= 0.6 is 11.6 Å². The molecule has 0 saturated carbocycles. The zero-order chi connectivity index (χ0) is 26.8. The number of alkyl halides is 6. The van der Waals surface area contributed by atoms with Crippen molar-refractivity contribution < 1.29 is 31.1 Å². The minimum atomic E-state index is -4.96. The van der Waals surface area contributed by atoms with Crippen LogP contribution in [0.25, 0.3) is 11.3 Å². The summed E-state index contributed by atoms with van der Waals surface area (Å²) in [5, 5.41) is 0.430. The number of carbonyl (C=O) groups excluding carboxylic acids is 1. The zero-order valence-electron chi connectivity index (χ0n) is 18.9. The highest BCUT2D eigenvalue weighted by molar-refractivity contribution is 6.31. The number of hydrogen-bond acceptors (Lipinski definition) is 3. The van der Waals surface area contributed by atoms with E-state index in [-0.39, 0.29) is 36.8 Å². The lowest BCUT2D eigenvalue weighted by molar-refractivity contribution is -0.143. The van der Waals surface area contributed by atoms with Crippen molar-refractivity contribution in [1.82, 2.24) is 14.5 Å². The van der Waals surface area contributed by atoms with Crippen molar-refractivity contribution in [2.75, 3.05) is 0 Å². The Balaban J connectivity index is 1.71. The van der Waals surface area contributed by atoms with Crippen LogP contribution in [0.5, 0.6) is 0 Å². The molecule has 0 aliphatic heterocycles. The maximum atomic E-state index is 13.3. The summed E-state index contributed by atoms with van der Waals surface area (Å²) in [6.07, 6.45) is -5.76. The van der Waals surface area contributed by atoms with Gasteiger partial charge in [-0.3, -0.25) is 9.78 Å². The average molecular weight is 538 g/mol. The van der Waals surface area contributed by atoms with Gasteiger partial charge in [-0.25, -0.2) is 4.98 Å². The Labute approximate surface area is 212 Å². The van der Waals surface area contributed by atoms with Gasteiger partial charge in [0, 0.05) is 35.9 Å². The van der Waals surface area contributed by atoms with Gasteiger partial charge in [0.15, 0.2) is 0 Å². The van der Waals surface area contributed by atoms with Gasteiger partial charge >= 0.3 is 12.4 Å². The molecule has 0 radical (unpaired) electrons. The summed E-state index contributed by atoms with van der Waals surface area (Å²) in [6.45, 7) is -0.344. The first kappa shape index (κ1) is 26.4. The maximum Gasteiger partial charge on any atom is 0.416 e. The first-order valence-electron chi connectivity index (χ1n) is 10.9. The molecule has 0 atom stereocenters. The van der Waals surface area contributed by atoms with Crippen molar-refractivity contribution in [3.05, 3.63) is 106 Å². The molecular weight excluding hydrogens is 520 g/mol. The van der Waals surface area contributed by atoms with E-state index in [0.717, 1.165) is 0 Å². The van der Waals surface area contributed by atoms with E-state index >= 15 is 0 Å². The molecule has 0 spiro atoms. The van der Waals surface area contributed by atoms with Crippen molar-refractivity contribution >= 4 is 17.4 Å². The topological polar surface area (TPSA) is 47.8 Å². The van der Waals surface area contributed by atoms with Crippen LogP contribution in [0.1, 0.15) is 27.9 Å². The van der Waals surface area contributed by atoms with Crippen LogP contribution in [0.15, 0.2) is 73.3 Å². The first-order chi connectivity index (χ1) is 17.4. The zero-order valence-corrected chi connectivity index (χ0v) is 19.7. The number of aromatic nitrogens is 3. The fourth-order valence-corrected chi connectivity index (χ4v) is 4.12. The number of imidazole rings is 1. The van der Waals surface area contributed by atoms with E-state index in [4.69, 9.17) is 11.6 Å². The number of nitrogens with zero attached hydrogens (tertiary/aromatic N) is 3. The fraction of sp³-hybridized carbons (Fsp3) is 0.192. The van der Waals surface area contributed by atoms with Crippen molar-refractivity contribution in [2.45, 2.75) is 31.7 Å². The quantitative estimate of drug-likeness (QED) is 0.238. The minimum Gasteiger partial charge on any atom is -0.326 e. The van der Waals surface area contributed by atoms with Crippen LogP contribution < -0.4 is 0 Å². The number of pyridine rings is 1. The van der Waals surface area contributed by atoms with Crippen LogP contribution in [-0.2, 0) is 36.5 Å². The Morgan fingerprint density at radius 2 is 1.57 bits per heavy atom. The molecule has 0 saturated heterocycles. The highest BCUT2D eigenvalue weighted by Gasteiger charge is 2.37.